The van der Waals surface area contributed by atoms with Gasteiger partial charge in [0, 0.05) is 25.5 Å². The van der Waals surface area contributed by atoms with E-state index in [1.54, 1.807) is 9.58 Å². The van der Waals surface area contributed by atoms with E-state index < -0.39 is 6.09 Å². The van der Waals surface area contributed by atoms with Crippen molar-refractivity contribution in [1.29, 1.82) is 0 Å². The maximum absolute atomic E-state index is 12.8. The number of rotatable bonds is 7. The Hall–Kier alpha value is -3.40. The largest absolute Gasteiger partial charge is 0.490 e. The van der Waals surface area contributed by atoms with E-state index in [4.69, 9.17) is 21.1 Å². The van der Waals surface area contributed by atoms with Gasteiger partial charge < -0.3 is 25.5 Å². The van der Waals surface area contributed by atoms with E-state index in [1.807, 2.05) is 45.2 Å². The molecule has 1 aliphatic heterocycles. The molecule has 0 saturated heterocycles. The van der Waals surface area contributed by atoms with Crippen molar-refractivity contribution >= 4 is 17.5 Å². The number of carbonyl (C=O) groups is 1. The molecule has 162 valence electrons. The summed E-state index contributed by atoms with van der Waals surface area (Å²) in [6.45, 7) is 6.14. The monoisotopic (exact) mass is 415 g/mol. The lowest BCUT2D eigenvalue weighted by Gasteiger charge is -2.33. The Bertz CT molecular complexity index is 925. The van der Waals surface area contributed by atoms with Crippen molar-refractivity contribution in [1.82, 2.24) is 15.2 Å². The van der Waals surface area contributed by atoms with Gasteiger partial charge in [0.2, 0.25) is 0 Å². The Kier molecular flexibility index (Phi) is 6.68. The van der Waals surface area contributed by atoms with E-state index in [0.29, 0.717) is 31.9 Å². The van der Waals surface area contributed by atoms with Gasteiger partial charge in [-0.25, -0.2) is 4.79 Å². The Labute approximate surface area is 176 Å². The molecule has 2 heterocycles. The normalized spacial score (nSPS) is 13.5. The van der Waals surface area contributed by atoms with Gasteiger partial charge in [0.25, 0.3) is 0 Å². The molecule has 0 saturated carbocycles. The van der Waals surface area contributed by atoms with Crippen LogP contribution in [0.2, 0.25) is 0 Å². The molecular weight excluding hydrogens is 386 g/mol. The second-order valence-electron chi connectivity index (χ2n) is 6.96. The number of hydrogen-bond donors (Lipinski definition) is 3. The van der Waals surface area contributed by atoms with E-state index in [1.165, 1.54) is 6.20 Å². The zero-order valence-electron chi connectivity index (χ0n) is 17.6. The van der Waals surface area contributed by atoms with Crippen LogP contribution in [-0.4, -0.2) is 42.1 Å². The molecule has 5 N–H and O–H groups in total. The van der Waals surface area contributed by atoms with Crippen molar-refractivity contribution in [2.45, 2.75) is 20.5 Å². The molecule has 10 nitrogen and oxygen atoms in total. The minimum atomic E-state index is -0.425. The first kappa shape index (κ1) is 21.3. The third kappa shape index (κ3) is 4.60. The highest BCUT2D eigenvalue weighted by Gasteiger charge is 2.23. The minimum Gasteiger partial charge on any atom is -0.490 e. The number of aryl methyl sites for hydroxylation is 2. The molecule has 0 radical (unpaired) electrons. The van der Waals surface area contributed by atoms with Crippen LogP contribution in [-0.2, 0) is 18.4 Å². The summed E-state index contributed by atoms with van der Waals surface area (Å²) in [5.74, 6) is 6.27. The van der Waals surface area contributed by atoms with E-state index in [9.17, 15) is 4.79 Å². The Morgan fingerprint density at radius 1 is 1.43 bits per heavy atom. The summed E-state index contributed by atoms with van der Waals surface area (Å²) < 4.78 is 13.0. The zero-order chi connectivity index (χ0) is 21.7. The van der Waals surface area contributed by atoms with Gasteiger partial charge >= 0.3 is 6.09 Å². The fraction of sp³-hybridized carbons (Fsp3) is 0.400. The third-order valence-electron chi connectivity index (χ3n) is 4.94. The van der Waals surface area contributed by atoms with E-state index >= 15 is 0 Å². The predicted octanol–water partition coefficient (Wildman–Crippen LogP) is 1.35. The molecule has 1 aromatic heterocycles. The summed E-state index contributed by atoms with van der Waals surface area (Å²) in [7, 11) is 1.83. The number of nitrogens with one attached hydrogen (secondary N) is 1. The standard InChI is InChI=1S/C20H29N7O3/c1-4-27(20(28)30-13-17-9-14(2)24-25(17)3)16-5-6-19-18(10-16)26(7-8-29-19)12-15(11-21)23-22/h5-6,9-11,23H,4,7-8,12-13,21-22H2,1-3H3/b15-11-. The van der Waals surface area contributed by atoms with Gasteiger partial charge in [0.15, 0.2) is 0 Å². The van der Waals surface area contributed by atoms with Crippen molar-refractivity contribution in [3.63, 3.8) is 0 Å². The third-order valence-corrected chi connectivity index (χ3v) is 4.94. The summed E-state index contributed by atoms with van der Waals surface area (Å²) in [6.07, 6.45) is 1.01. The van der Waals surface area contributed by atoms with Crippen LogP contribution < -0.4 is 31.5 Å². The van der Waals surface area contributed by atoms with Gasteiger partial charge in [-0.3, -0.25) is 15.4 Å². The summed E-state index contributed by atoms with van der Waals surface area (Å²) in [4.78, 5) is 16.4. The Morgan fingerprint density at radius 3 is 2.87 bits per heavy atom. The van der Waals surface area contributed by atoms with E-state index in [0.717, 1.165) is 28.5 Å². The maximum Gasteiger partial charge on any atom is 0.414 e. The van der Waals surface area contributed by atoms with Crippen LogP contribution in [0.1, 0.15) is 18.3 Å². The maximum atomic E-state index is 12.8. The fourth-order valence-electron chi connectivity index (χ4n) is 3.38. The molecule has 0 spiro atoms. The number of benzene rings is 1. The van der Waals surface area contributed by atoms with Gasteiger partial charge in [-0.2, -0.15) is 5.10 Å². The zero-order valence-corrected chi connectivity index (χ0v) is 17.6. The molecule has 30 heavy (non-hydrogen) atoms. The lowest BCUT2D eigenvalue weighted by molar-refractivity contribution is 0.144. The number of ether oxygens (including phenoxy) is 2. The summed E-state index contributed by atoms with van der Waals surface area (Å²) in [6, 6.07) is 7.52. The summed E-state index contributed by atoms with van der Waals surface area (Å²) in [5, 5.41) is 4.27. The molecule has 0 bridgehead atoms. The lowest BCUT2D eigenvalue weighted by Crippen LogP contribution is -2.39. The molecule has 1 aromatic carbocycles. The topological polar surface area (TPSA) is 124 Å². The highest BCUT2D eigenvalue weighted by atomic mass is 16.6. The first-order valence-corrected chi connectivity index (χ1v) is 9.79. The molecule has 0 atom stereocenters. The van der Waals surface area contributed by atoms with Gasteiger partial charge in [-0.15, -0.1) is 0 Å². The van der Waals surface area contributed by atoms with E-state index in [-0.39, 0.29) is 6.61 Å². The molecular formula is C20H29N7O3. The van der Waals surface area contributed by atoms with Gasteiger partial charge in [0.1, 0.15) is 19.0 Å². The predicted molar refractivity (Wildman–Crippen MR) is 115 cm³/mol. The van der Waals surface area contributed by atoms with Crippen molar-refractivity contribution in [2.75, 3.05) is 36.0 Å². The van der Waals surface area contributed by atoms with Crippen molar-refractivity contribution in [3.8, 4) is 5.75 Å². The second kappa shape index (κ2) is 9.40. The molecule has 3 rings (SSSR count). The number of aromatic nitrogens is 2. The number of anilines is 2. The molecule has 0 unspecified atom stereocenters. The Morgan fingerprint density at radius 2 is 2.23 bits per heavy atom. The highest BCUT2D eigenvalue weighted by Crippen LogP contribution is 2.35. The molecule has 1 aliphatic rings. The molecule has 1 amide bonds. The van der Waals surface area contributed by atoms with Crippen LogP contribution in [0.5, 0.6) is 5.75 Å². The van der Waals surface area contributed by atoms with Gasteiger partial charge in [-0.1, -0.05) is 0 Å². The second-order valence-corrected chi connectivity index (χ2v) is 6.96. The van der Waals surface area contributed by atoms with Gasteiger partial charge in [0.05, 0.1) is 35.9 Å². The summed E-state index contributed by atoms with van der Waals surface area (Å²) >= 11 is 0. The molecule has 10 heteroatoms. The first-order chi connectivity index (χ1) is 14.5. The summed E-state index contributed by atoms with van der Waals surface area (Å²) in [5.41, 5.74) is 12.2. The average molecular weight is 415 g/mol. The molecule has 0 aliphatic carbocycles. The highest BCUT2D eigenvalue weighted by molar-refractivity contribution is 5.89. The number of nitrogens with zero attached hydrogens (tertiary/aromatic N) is 4. The fourth-order valence-corrected chi connectivity index (χ4v) is 3.38. The van der Waals surface area contributed by atoms with Crippen LogP contribution in [0.3, 0.4) is 0 Å². The number of fused-ring (bicyclic) bond motifs is 1. The van der Waals surface area contributed by atoms with Crippen molar-refractivity contribution < 1.29 is 14.3 Å². The van der Waals surface area contributed by atoms with Crippen molar-refractivity contribution in [2.24, 2.45) is 18.6 Å². The van der Waals surface area contributed by atoms with Crippen LogP contribution in [0.25, 0.3) is 0 Å². The number of amides is 1. The SMILES string of the molecule is CCN(C(=O)OCc1cc(C)nn1C)c1ccc2c(c1)N(C/C(=C/N)NN)CCO2. The molecule has 2 aromatic rings. The average Bonchev–Trinajstić information content (AvgIpc) is 3.08. The Balaban J connectivity index is 1.78. The van der Waals surface area contributed by atoms with Crippen molar-refractivity contribution in [3.05, 3.63) is 47.6 Å². The van der Waals surface area contributed by atoms with E-state index in [2.05, 4.69) is 15.4 Å². The van der Waals surface area contributed by atoms with Crippen LogP contribution >= 0.6 is 0 Å². The smallest absolute Gasteiger partial charge is 0.414 e. The van der Waals surface area contributed by atoms with Crippen LogP contribution in [0.4, 0.5) is 16.2 Å². The number of hydrazine groups is 1. The lowest BCUT2D eigenvalue weighted by atomic mass is 10.2. The number of hydrogen-bond acceptors (Lipinski definition) is 8. The first-order valence-electron chi connectivity index (χ1n) is 9.79. The number of carbonyl (C=O) groups excluding carboxylic acids is 1. The van der Waals surface area contributed by atoms with Crippen LogP contribution in [0.15, 0.2) is 36.2 Å². The number of nitrogens with two attached hydrogens (primary N) is 2. The van der Waals surface area contributed by atoms with Gasteiger partial charge in [-0.05, 0) is 38.1 Å². The minimum absolute atomic E-state index is 0.152. The molecule has 0 fully saturated rings. The van der Waals surface area contributed by atoms with Crippen LogP contribution in [0, 0.1) is 6.92 Å². The quantitative estimate of drug-likeness (QED) is 0.457.